The minimum absolute atomic E-state index is 0.490. The molecule has 6 nitrogen and oxygen atoms in total. The van der Waals surface area contributed by atoms with E-state index in [1.807, 2.05) is 37.4 Å². The molecule has 0 saturated carbocycles. The molecule has 1 N–H and O–H groups in total. The monoisotopic (exact) mass is 508 g/mol. The molecule has 37 heavy (non-hydrogen) atoms. The van der Waals surface area contributed by atoms with Crippen LogP contribution in [0.3, 0.4) is 0 Å². The maximum atomic E-state index is 12.2. The number of rotatable bonds is 6. The zero-order valence-electron chi connectivity index (χ0n) is 20.5. The third-order valence-electron chi connectivity index (χ3n) is 7.05. The van der Waals surface area contributed by atoms with Gasteiger partial charge in [0.05, 0.1) is 41.6 Å². The summed E-state index contributed by atoms with van der Waals surface area (Å²) >= 11 is 7.08. The number of hydrogen-bond acceptors (Lipinski definition) is 5. The third-order valence-corrected chi connectivity index (χ3v) is 7.48. The molecule has 7 heteroatoms. The first-order chi connectivity index (χ1) is 18.0. The fourth-order valence-corrected chi connectivity index (χ4v) is 5.49. The van der Waals surface area contributed by atoms with Crippen LogP contribution in [0.2, 0.25) is 5.02 Å². The first kappa shape index (κ1) is 23.4. The van der Waals surface area contributed by atoms with Gasteiger partial charge in [0.25, 0.3) is 0 Å². The van der Waals surface area contributed by atoms with Crippen LogP contribution in [0.25, 0.3) is 17.0 Å². The Morgan fingerprint density at radius 1 is 1.11 bits per heavy atom. The zero-order valence-corrected chi connectivity index (χ0v) is 21.3. The highest BCUT2D eigenvalue weighted by atomic mass is 35.5. The Balaban J connectivity index is 1.49. The topological polar surface area (TPSA) is 73.1 Å². The fourth-order valence-electron chi connectivity index (χ4n) is 5.19. The number of benzene rings is 2. The second-order valence-electron chi connectivity index (χ2n) is 9.32. The van der Waals surface area contributed by atoms with E-state index in [0.717, 1.165) is 17.4 Å². The molecule has 1 aliphatic rings. The summed E-state index contributed by atoms with van der Waals surface area (Å²) in [5.74, 6) is 0.508. The lowest BCUT2D eigenvalue weighted by atomic mass is 9.86. The number of aliphatic hydroxyl groups is 1. The summed E-state index contributed by atoms with van der Waals surface area (Å²) in [4.78, 5) is 13.5. The van der Waals surface area contributed by atoms with Gasteiger partial charge in [0, 0.05) is 30.6 Å². The van der Waals surface area contributed by atoms with Gasteiger partial charge in [0.15, 0.2) is 5.60 Å². The van der Waals surface area contributed by atoms with Crippen molar-refractivity contribution in [3.63, 3.8) is 0 Å². The highest BCUT2D eigenvalue weighted by Crippen LogP contribution is 2.40. The summed E-state index contributed by atoms with van der Waals surface area (Å²) in [5.41, 5.74) is 5.47. The Kier molecular flexibility index (Phi) is 5.78. The van der Waals surface area contributed by atoms with Crippen LogP contribution in [0.4, 0.5) is 0 Å². The van der Waals surface area contributed by atoms with E-state index in [0.29, 0.717) is 39.8 Å². The maximum absolute atomic E-state index is 12.2. The van der Waals surface area contributed by atoms with E-state index in [2.05, 4.69) is 40.3 Å². The van der Waals surface area contributed by atoms with Crippen LogP contribution in [0.15, 0.2) is 85.0 Å². The number of hydrogen-bond donors (Lipinski definition) is 1. The van der Waals surface area contributed by atoms with Gasteiger partial charge in [-0.15, -0.1) is 0 Å². The molecule has 0 spiro atoms. The van der Waals surface area contributed by atoms with Crippen LogP contribution < -0.4 is 4.74 Å². The van der Waals surface area contributed by atoms with Crippen LogP contribution >= 0.6 is 11.6 Å². The van der Waals surface area contributed by atoms with Gasteiger partial charge in [-0.1, -0.05) is 59.6 Å². The Morgan fingerprint density at radius 3 is 2.68 bits per heavy atom. The Bertz CT molecular complexity index is 1660. The van der Waals surface area contributed by atoms with Crippen molar-refractivity contribution in [2.24, 2.45) is 7.05 Å². The number of allylic oxidation sites excluding steroid dienone is 1. The van der Waals surface area contributed by atoms with Crippen LogP contribution in [-0.4, -0.2) is 31.7 Å². The molecule has 1 atom stereocenters. The van der Waals surface area contributed by atoms with Crippen molar-refractivity contribution in [2.75, 3.05) is 7.11 Å². The molecule has 3 aromatic heterocycles. The van der Waals surface area contributed by atoms with Gasteiger partial charge < -0.3 is 14.4 Å². The molecule has 0 amide bonds. The Labute approximate surface area is 219 Å². The number of methoxy groups -OCH3 is 1. The summed E-state index contributed by atoms with van der Waals surface area (Å²) in [6.07, 6.45) is 8.69. The molecule has 0 bridgehead atoms. The molecule has 1 unspecified atom stereocenters. The van der Waals surface area contributed by atoms with E-state index in [9.17, 15) is 5.11 Å². The van der Waals surface area contributed by atoms with Gasteiger partial charge >= 0.3 is 0 Å². The molecule has 5 aromatic rings. The zero-order chi connectivity index (χ0) is 25.6. The highest BCUT2D eigenvalue weighted by molar-refractivity contribution is 6.36. The van der Waals surface area contributed by atoms with E-state index in [4.69, 9.17) is 21.3 Å². The van der Waals surface area contributed by atoms with Crippen molar-refractivity contribution in [2.45, 2.75) is 18.4 Å². The standard InChI is InChI=1S/C30H25ClN4O2/c1-35-18-32-17-27(35)30(36,26-9-5-6-12-33-26)22-10-11-25-23(16-22)28(31)24(29(34-25)37-2)15-19-13-20-7-3-4-8-21(20)14-19/h3-13,16-18,36H,14-15H2,1-2H3. The van der Waals surface area contributed by atoms with Crippen molar-refractivity contribution < 1.29 is 9.84 Å². The first-order valence-corrected chi connectivity index (χ1v) is 12.4. The number of fused-ring (bicyclic) bond motifs is 2. The van der Waals surface area contributed by atoms with E-state index in [1.54, 1.807) is 36.5 Å². The van der Waals surface area contributed by atoms with Crippen molar-refractivity contribution in [1.29, 1.82) is 0 Å². The van der Waals surface area contributed by atoms with Gasteiger partial charge in [-0.25, -0.2) is 9.97 Å². The molecule has 6 rings (SSSR count). The molecule has 184 valence electrons. The quantitative estimate of drug-likeness (QED) is 0.328. The third kappa shape index (κ3) is 3.89. The number of halogens is 1. The highest BCUT2D eigenvalue weighted by Gasteiger charge is 2.38. The minimum atomic E-state index is -1.54. The lowest BCUT2D eigenvalue weighted by molar-refractivity contribution is 0.113. The summed E-state index contributed by atoms with van der Waals surface area (Å²) in [7, 11) is 3.46. The molecule has 2 aromatic carbocycles. The number of ether oxygens (including phenoxy) is 1. The van der Waals surface area contributed by atoms with Crippen LogP contribution in [0, 0.1) is 0 Å². The number of aromatic nitrogens is 4. The number of pyridine rings is 2. The van der Waals surface area contributed by atoms with Gasteiger partial charge in [0.2, 0.25) is 5.88 Å². The van der Waals surface area contributed by atoms with E-state index >= 15 is 0 Å². The lowest BCUT2D eigenvalue weighted by Crippen LogP contribution is -2.32. The average Bonchev–Trinajstić information content (AvgIpc) is 3.55. The van der Waals surface area contributed by atoms with Gasteiger partial charge in [-0.05, 0) is 47.4 Å². The largest absolute Gasteiger partial charge is 0.481 e. The summed E-state index contributed by atoms with van der Waals surface area (Å²) in [6, 6.07) is 19.5. The molecule has 0 radical (unpaired) electrons. The lowest BCUT2D eigenvalue weighted by Gasteiger charge is -2.29. The van der Waals surface area contributed by atoms with Crippen LogP contribution in [-0.2, 0) is 25.5 Å². The summed E-state index contributed by atoms with van der Waals surface area (Å²) in [6.45, 7) is 0. The van der Waals surface area contributed by atoms with Gasteiger partial charge in [0.1, 0.15) is 0 Å². The van der Waals surface area contributed by atoms with Crippen LogP contribution in [0.1, 0.15) is 33.6 Å². The predicted octanol–water partition coefficient (Wildman–Crippen LogP) is 5.49. The Morgan fingerprint density at radius 2 is 1.95 bits per heavy atom. The summed E-state index contributed by atoms with van der Waals surface area (Å²) < 4.78 is 7.46. The normalized spacial score (nSPS) is 14.3. The first-order valence-electron chi connectivity index (χ1n) is 12.0. The predicted molar refractivity (Wildman–Crippen MR) is 145 cm³/mol. The van der Waals surface area contributed by atoms with E-state index < -0.39 is 5.60 Å². The van der Waals surface area contributed by atoms with E-state index in [-0.39, 0.29) is 0 Å². The molecule has 1 aliphatic carbocycles. The second kappa shape index (κ2) is 9.14. The van der Waals surface area contributed by atoms with Crippen molar-refractivity contribution >= 4 is 28.6 Å². The average molecular weight is 509 g/mol. The molecular weight excluding hydrogens is 484 g/mol. The molecule has 0 aliphatic heterocycles. The number of aryl methyl sites for hydroxylation is 1. The van der Waals surface area contributed by atoms with Crippen molar-refractivity contribution in [1.82, 2.24) is 19.5 Å². The fraction of sp³-hybridized carbons (Fsp3) is 0.167. The molecule has 0 fully saturated rings. The van der Waals surface area contributed by atoms with Crippen LogP contribution in [0.5, 0.6) is 5.88 Å². The van der Waals surface area contributed by atoms with Crippen molar-refractivity contribution in [3.8, 4) is 5.88 Å². The maximum Gasteiger partial charge on any atom is 0.218 e. The Hall–Kier alpha value is -4.00. The SMILES string of the molecule is COc1nc2ccc(C(O)(c3ccccn3)c3cncn3C)cc2c(Cl)c1CC1=Cc2ccccc2C1. The minimum Gasteiger partial charge on any atom is -0.481 e. The molecular formula is C30H25ClN4O2. The summed E-state index contributed by atoms with van der Waals surface area (Å²) in [5, 5.41) is 13.5. The van der Waals surface area contributed by atoms with E-state index in [1.165, 1.54) is 16.7 Å². The van der Waals surface area contributed by atoms with Gasteiger partial charge in [-0.3, -0.25) is 4.98 Å². The van der Waals surface area contributed by atoms with Gasteiger partial charge in [-0.2, -0.15) is 0 Å². The smallest absolute Gasteiger partial charge is 0.218 e. The number of nitrogens with zero attached hydrogens (tertiary/aromatic N) is 4. The van der Waals surface area contributed by atoms with Crippen molar-refractivity contribution in [3.05, 3.63) is 124 Å². The molecule has 0 saturated heterocycles. The second-order valence-corrected chi connectivity index (χ2v) is 9.69. The number of imidazole rings is 1. The molecule has 3 heterocycles.